The number of hydrogen-bond donors (Lipinski definition) is 1. The number of aryl methyl sites for hydroxylation is 1. The third-order valence-electron chi connectivity index (χ3n) is 3.83. The van der Waals surface area contributed by atoms with Crippen LogP contribution in [0.1, 0.15) is 37.3 Å². The van der Waals surface area contributed by atoms with Crippen LogP contribution in [0.4, 0.5) is 11.4 Å². The Morgan fingerprint density at radius 3 is 2.30 bits per heavy atom. The summed E-state index contributed by atoms with van der Waals surface area (Å²) in [5.41, 5.74) is 10.3. The van der Waals surface area contributed by atoms with Crippen molar-refractivity contribution in [2.24, 2.45) is 0 Å². The van der Waals surface area contributed by atoms with Crippen LogP contribution in [0.15, 0.2) is 54.1 Å². The number of anilines is 1. The lowest BCUT2D eigenvalue weighted by Gasteiger charge is -2.15. The van der Waals surface area contributed by atoms with Crippen LogP contribution in [0.25, 0.3) is 6.08 Å². The minimum absolute atomic E-state index is 0.153. The van der Waals surface area contributed by atoms with Gasteiger partial charge in [0.15, 0.2) is 0 Å². The van der Waals surface area contributed by atoms with Gasteiger partial charge < -0.3 is 5.73 Å². The van der Waals surface area contributed by atoms with Crippen molar-refractivity contribution in [1.82, 2.24) is 0 Å². The third kappa shape index (κ3) is 5.25. The summed E-state index contributed by atoms with van der Waals surface area (Å²) in [4.78, 5) is 10.0. The first kappa shape index (κ1) is 16.7. The summed E-state index contributed by atoms with van der Waals surface area (Å²) in [6.07, 6.45) is 6.81. The van der Waals surface area contributed by atoms with Crippen molar-refractivity contribution in [2.45, 2.75) is 32.6 Å². The molecule has 1 aliphatic rings. The molecule has 2 aromatic carbocycles. The minimum Gasteiger partial charge on any atom is -0.399 e. The second kappa shape index (κ2) is 8.13. The van der Waals surface area contributed by atoms with Crippen LogP contribution in [0, 0.1) is 10.1 Å². The molecule has 0 amide bonds. The molecule has 2 aromatic rings. The van der Waals surface area contributed by atoms with Gasteiger partial charge in [0.25, 0.3) is 5.69 Å². The van der Waals surface area contributed by atoms with E-state index in [-0.39, 0.29) is 10.6 Å². The summed E-state index contributed by atoms with van der Waals surface area (Å²) in [5.74, 6) is 0. The Hall–Kier alpha value is -2.62. The molecule has 4 heteroatoms. The number of non-ortho nitro benzene ring substituents is 1. The maximum atomic E-state index is 10.4. The van der Waals surface area contributed by atoms with E-state index in [1.807, 2.05) is 18.2 Å². The zero-order valence-corrected chi connectivity index (χ0v) is 13.4. The molecule has 0 radical (unpaired) electrons. The monoisotopic (exact) mass is 310 g/mol. The number of allylic oxidation sites excluding steroid dienone is 1. The van der Waals surface area contributed by atoms with E-state index < -0.39 is 0 Å². The summed E-state index contributed by atoms with van der Waals surface area (Å²) in [6.45, 7) is 2.12. The fourth-order valence-corrected chi connectivity index (χ4v) is 2.27. The highest BCUT2D eigenvalue weighted by molar-refractivity contribution is 5.55. The maximum Gasteiger partial charge on any atom is 0.269 e. The largest absolute Gasteiger partial charge is 0.399 e. The number of benzene rings is 2. The van der Waals surface area contributed by atoms with Crippen LogP contribution in [0.5, 0.6) is 0 Å². The average molecular weight is 310 g/mol. The molecule has 4 nitrogen and oxygen atoms in total. The Kier molecular flexibility index (Phi) is 5.92. The number of hydrogen-bond acceptors (Lipinski definition) is 3. The van der Waals surface area contributed by atoms with E-state index in [0.717, 1.165) is 17.7 Å². The van der Waals surface area contributed by atoms with Crippen molar-refractivity contribution in [3.63, 3.8) is 0 Å². The van der Waals surface area contributed by atoms with Gasteiger partial charge in [-0.2, -0.15) is 0 Å². The summed E-state index contributed by atoms with van der Waals surface area (Å²) in [6, 6.07) is 14.6. The first-order valence-electron chi connectivity index (χ1n) is 7.87. The summed E-state index contributed by atoms with van der Waals surface area (Å²) < 4.78 is 0. The van der Waals surface area contributed by atoms with Crippen LogP contribution in [0.2, 0.25) is 0 Å². The fraction of sp³-hybridized carbons (Fsp3) is 0.263. The molecular formula is C19H22N2O2. The lowest BCUT2D eigenvalue weighted by molar-refractivity contribution is -0.384. The van der Waals surface area contributed by atoms with Crippen LogP contribution < -0.4 is 5.73 Å². The Labute approximate surface area is 136 Å². The second-order valence-corrected chi connectivity index (χ2v) is 5.60. The van der Waals surface area contributed by atoms with Crippen LogP contribution in [0.3, 0.4) is 0 Å². The number of nitrogens with zero attached hydrogens (tertiary/aromatic N) is 1. The Bertz CT molecular complexity index is 685. The van der Waals surface area contributed by atoms with Crippen molar-refractivity contribution in [2.75, 3.05) is 5.73 Å². The van der Waals surface area contributed by atoms with Crippen molar-refractivity contribution < 1.29 is 4.92 Å². The molecular weight excluding hydrogens is 288 g/mol. The van der Waals surface area contributed by atoms with E-state index in [4.69, 9.17) is 5.73 Å². The standard InChI is InChI=1S/C11H11NO2.C8H11N/c13-12(14)11-6-4-10(5-7-11)8-9-2-1-3-9;1-2-7-4-3-5-8(9)6-7/h4-8H,1-3H2;3-6H,2,9H2,1H3. The maximum absolute atomic E-state index is 10.4. The first-order valence-corrected chi connectivity index (χ1v) is 7.87. The molecule has 2 N–H and O–H groups in total. The van der Waals surface area contributed by atoms with Gasteiger partial charge in [-0.1, -0.05) is 30.7 Å². The predicted octanol–water partition coefficient (Wildman–Crippen LogP) is 4.99. The summed E-state index contributed by atoms with van der Waals surface area (Å²) >= 11 is 0. The first-order chi connectivity index (χ1) is 11.1. The van der Waals surface area contributed by atoms with Crippen LogP contribution >= 0.6 is 0 Å². The highest BCUT2D eigenvalue weighted by Gasteiger charge is 2.08. The van der Waals surface area contributed by atoms with Gasteiger partial charge in [0.05, 0.1) is 4.92 Å². The number of nitrogen functional groups attached to an aromatic ring is 1. The highest BCUT2D eigenvalue weighted by Crippen LogP contribution is 2.27. The lowest BCUT2D eigenvalue weighted by Crippen LogP contribution is -1.95. The van der Waals surface area contributed by atoms with Gasteiger partial charge in [0.2, 0.25) is 0 Å². The Morgan fingerprint density at radius 1 is 1.17 bits per heavy atom. The van der Waals surface area contributed by atoms with Crippen molar-refractivity contribution in [3.05, 3.63) is 75.3 Å². The molecule has 0 heterocycles. The van der Waals surface area contributed by atoms with Gasteiger partial charge in [0, 0.05) is 17.8 Å². The molecule has 1 fully saturated rings. The highest BCUT2D eigenvalue weighted by atomic mass is 16.6. The summed E-state index contributed by atoms with van der Waals surface area (Å²) in [5, 5.41) is 10.4. The molecule has 1 aliphatic carbocycles. The van der Waals surface area contributed by atoms with Gasteiger partial charge in [-0.25, -0.2) is 0 Å². The molecule has 23 heavy (non-hydrogen) atoms. The van der Waals surface area contributed by atoms with Crippen molar-refractivity contribution >= 4 is 17.5 Å². The molecule has 0 bridgehead atoms. The van der Waals surface area contributed by atoms with E-state index >= 15 is 0 Å². The molecule has 0 unspecified atom stereocenters. The minimum atomic E-state index is -0.375. The second-order valence-electron chi connectivity index (χ2n) is 5.60. The molecule has 0 saturated heterocycles. The van der Waals surface area contributed by atoms with Gasteiger partial charge in [-0.15, -0.1) is 0 Å². The van der Waals surface area contributed by atoms with Crippen molar-refractivity contribution in [1.29, 1.82) is 0 Å². The zero-order chi connectivity index (χ0) is 16.7. The zero-order valence-electron chi connectivity index (χ0n) is 13.4. The fourth-order valence-electron chi connectivity index (χ4n) is 2.27. The topological polar surface area (TPSA) is 69.2 Å². The molecule has 0 atom stereocenters. The Morgan fingerprint density at radius 2 is 1.87 bits per heavy atom. The molecule has 120 valence electrons. The van der Waals surface area contributed by atoms with E-state index in [9.17, 15) is 10.1 Å². The SMILES string of the molecule is CCc1cccc(N)c1.O=[N+]([O-])c1ccc(C=C2CCC2)cc1. The normalized spacial score (nSPS) is 12.7. The van der Waals surface area contributed by atoms with Crippen molar-refractivity contribution in [3.8, 4) is 0 Å². The van der Waals surface area contributed by atoms with E-state index in [1.165, 1.54) is 30.4 Å². The molecule has 1 saturated carbocycles. The van der Waals surface area contributed by atoms with Crippen LogP contribution in [-0.4, -0.2) is 4.92 Å². The van der Waals surface area contributed by atoms with Gasteiger partial charge in [-0.05, 0) is 61.1 Å². The van der Waals surface area contributed by atoms with E-state index in [2.05, 4.69) is 19.1 Å². The average Bonchev–Trinajstić information content (AvgIpc) is 2.52. The number of rotatable bonds is 3. The van der Waals surface area contributed by atoms with Gasteiger partial charge in [-0.3, -0.25) is 10.1 Å². The lowest BCUT2D eigenvalue weighted by atomic mass is 9.91. The molecule has 0 aromatic heterocycles. The van der Waals surface area contributed by atoms with Crippen LogP contribution in [-0.2, 0) is 6.42 Å². The summed E-state index contributed by atoms with van der Waals surface area (Å²) in [7, 11) is 0. The predicted molar refractivity (Wildman–Crippen MR) is 95.2 cm³/mol. The smallest absolute Gasteiger partial charge is 0.269 e. The quantitative estimate of drug-likeness (QED) is 0.493. The molecule has 3 rings (SSSR count). The third-order valence-corrected chi connectivity index (χ3v) is 3.83. The number of nitro groups is 1. The van der Waals surface area contributed by atoms with Gasteiger partial charge in [0.1, 0.15) is 0 Å². The number of nitrogens with two attached hydrogens (primary N) is 1. The molecule has 0 aliphatic heterocycles. The Balaban J connectivity index is 0.000000185. The van der Waals surface area contributed by atoms with E-state index in [0.29, 0.717) is 0 Å². The number of nitro benzene ring substituents is 1. The molecule has 0 spiro atoms. The van der Waals surface area contributed by atoms with E-state index in [1.54, 1.807) is 24.3 Å². The van der Waals surface area contributed by atoms with Gasteiger partial charge >= 0.3 is 0 Å².